The third kappa shape index (κ3) is 12.6. The third-order valence-corrected chi connectivity index (χ3v) is 10.4. The molecule has 0 aliphatic carbocycles. The van der Waals surface area contributed by atoms with Gasteiger partial charge in [0.1, 0.15) is 24.6 Å². The second-order valence-electron chi connectivity index (χ2n) is 15.0. The predicted molar refractivity (Wildman–Crippen MR) is 230 cm³/mol. The number of aryl methyl sites for hydroxylation is 1. The first-order chi connectivity index (χ1) is 28.8. The minimum Gasteiger partial charge on any atom is -0.477 e. The lowest BCUT2D eigenvalue weighted by molar-refractivity contribution is 0.0694. The predicted octanol–water partition coefficient (Wildman–Crippen LogP) is 4.69. The maximum atomic E-state index is 15.3. The Morgan fingerprint density at radius 1 is 0.933 bits per heavy atom. The summed E-state index contributed by atoms with van der Waals surface area (Å²) in [6.45, 7) is 9.39. The fraction of sp³-hybridized carbons (Fsp3) is 0.419. The highest BCUT2D eigenvalue weighted by atomic mass is 19.1. The number of fused-ring (bicyclic) bond motifs is 1. The van der Waals surface area contributed by atoms with E-state index in [1.807, 2.05) is 75.4 Å². The van der Waals surface area contributed by atoms with E-state index >= 15 is 4.39 Å². The number of halogens is 1. The lowest BCUT2D eigenvalue weighted by Crippen LogP contribution is -2.49. The number of nitrogens with one attached hydrogen (secondary N) is 3. The number of pyridine rings is 1. The van der Waals surface area contributed by atoms with Crippen molar-refractivity contribution in [3.8, 4) is 0 Å². The molecule has 60 heavy (non-hydrogen) atoms. The van der Waals surface area contributed by atoms with Crippen LogP contribution >= 0.6 is 0 Å². The molecule has 0 radical (unpaired) electrons. The van der Waals surface area contributed by atoms with Crippen LogP contribution in [0.15, 0.2) is 82.7 Å². The molecule has 1 fully saturated rings. The molecule has 0 spiro atoms. The van der Waals surface area contributed by atoms with E-state index in [1.165, 1.54) is 6.20 Å². The maximum Gasteiger partial charge on any atom is 0.410 e. The summed E-state index contributed by atoms with van der Waals surface area (Å²) in [7, 11) is 0. The minimum atomic E-state index is -1.37. The average Bonchev–Trinajstić information content (AvgIpc) is 3.24. The first-order valence-electron chi connectivity index (χ1n) is 20.2. The van der Waals surface area contributed by atoms with E-state index in [4.69, 9.17) is 20.9 Å². The number of aromatic carboxylic acids is 1. The van der Waals surface area contributed by atoms with Crippen molar-refractivity contribution in [1.82, 2.24) is 20.1 Å². The zero-order valence-corrected chi connectivity index (χ0v) is 34.4. The second kappa shape index (κ2) is 21.6. The van der Waals surface area contributed by atoms with E-state index < -0.39 is 35.0 Å². The van der Waals surface area contributed by atoms with Gasteiger partial charge in [0.25, 0.3) is 0 Å². The smallest absolute Gasteiger partial charge is 0.410 e. The number of carbonyl (C=O) groups is 3. The number of carboxylic acid groups (broad SMARTS) is 1. The van der Waals surface area contributed by atoms with Crippen molar-refractivity contribution in [3.05, 3.63) is 106 Å². The van der Waals surface area contributed by atoms with Gasteiger partial charge in [-0.2, -0.15) is 0 Å². The van der Waals surface area contributed by atoms with Crippen LogP contribution < -0.4 is 37.7 Å². The van der Waals surface area contributed by atoms with Gasteiger partial charge >= 0.3 is 18.2 Å². The summed E-state index contributed by atoms with van der Waals surface area (Å²) in [5, 5.41) is 19.5. The number of carboxylic acids is 1. The van der Waals surface area contributed by atoms with Gasteiger partial charge in [-0.1, -0.05) is 56.3 Å². The minimum absolute atomic E-state index is 0.00129. The number of piperazine rings is 1. The number of aromatic nitrogens is 1. The van der Waals surface area contributed by atoms with Crippen LogP contribution in [0.3, 0.4) is 0 Å². The number of amides is 2. The number of alkyl carbamates (subject to hydrolysis) is 1. The largest absolute Gasteiger partial charge is 0.477 e. The molecule has 322 valence electrons. The van der Waals surface area contributed by atoms with Gasteiger partial charge in [0, 0.05) is 81.7 Å². The number of hydrogen-bond donors (Lipinski definition) is 6. The molecule has 2 atom stereocenters. The number of benzene rings is 3. The number of rotatable bonds is 19. The molecular formula is C43H56FN9O7. The first-order valence-corrected chi connectivity index (χ1v) is 20.2. The molecule has 0 bridgehead atoms. The Kier molecular flexibility index (Phi) is 16.1. The number of guanidine groups is 1. The SMILES string of the molecule is CCn1cc(C(=O)O)c(=O)c2cc(F)c(N3CCN(C(=O)OCc4ccc(NC[C@H](CCCN=C(N)N)NC[C@@H](NC(=O)OCc5ccccc5)C(C)C)cc4)CC3)cc21. The molecule has 17 heteroatoms. The van der Waals surface area contributed by atoms with Gasteiger partial charge in [-0.15, -0.1) is 0 Å². The molecule has 2 heterocycles. The van der Waals surface area contributed by atoms with Gasteiger partial charge < -0.3 is 56.4 Å². The van der Waals surface area contributed by atoms with Crippen LogP contribution in [0.4, 0.5) is 25.4 Å². The standard InChI is InChI=1S/C43H56FN9O7/c1-4-51-25-34(40(55)56)39(54)33-21-35(44)38(22-37(33)51)52-17-19-53(20-18-52)43(58)60-27-30-12-14-31(15-13-30)48-23-32(11-8-16-47-41(45)46)49-24-36(28(2)3)50-42(57)59-26-29-9-6-5-7-10-29/h5-7,9-10,12-15,21-22,25,28,32,36,48-49H,4,8,11,16-20,23-24,26-27H2,1-3H3,(H,50,57)(H,55,56)(H4,45,46,47)/t32-,36+/m0/s1. The topological polar surface area (TPSA) is 219 Å². The monoisotopic (exact) mass is 829 g/mol. The highest BCUT2D eigenvalue weighted by Crippen LogP contribution is 2.27. The van der Waals surface area contributed by atoms with Crippen LogP contribution in [-0.2, 0) is 29.2 Å². The summed E-state index contributed by atoms with van der Waals surface area (Å²) in [4.78, 5) is 57.4. The van der Waals surface area contributed by atoms with E-state index in [9.17, 15) is 24.3 Å². The van der Waals surface area contributed by atoms with E-state index in [-0.39, 0.29) is 48.2 Å². The number of nitrogens with two attached hydrogens (primary N) is 2. The molecule has 1 saturated heterocycles. The van der Waals surface area contributed by atoms with Crippen LogP contribution in [0.2, 0.25) is 0 Å². The number of aliphatic imine (C=N–C) groups is 1. The normalized spacial score (nSPS) is 13.8. The number of anilines is 2. The maximum absolute atomic E-state index is 15.3. The van der Waals surface area contributed by atoms with Crippen molar-refractivity contribution in [1.29, 1.82) is 0 Å². The Morgan fingerprint density at radius 2 is 1.62 bits per heavy atom. The lowest BCUT2D eigenvalue weighted by atomic mass is 10.0. The molecule has 1 aromatic heterocycles. The van der Waals surface area contributed by atoms with Crippen LogP contribution in [0.1, 0.15) is 55.1 Å². The molecule has 3 aromatic carbocycles. The van der Waals surface area contributed by atoms with Crippen LogP contribution in [0.25, 0.3) is 10.9 Å². The molecule has 0 unspecified atom stereocenters. The first kappa shape index (κ1) is 44.7. The number of ether oxygens (including phenoxy) is 2. The van der Waals surface area contributed by atoms with Gasteiger partial charge in [-0.25, -0.2) is 18.8 Å². The Bertz CT molecular complexity index is 2150. The lowest BCUT2D eigenvalue weighted by Gasteiger charge is -2.35. The van der Waals surface area contributed by atoms with Crippen LogP contribution in [0.5, 0.6) is 0 Å². The fourth-order valence-corrected chi connectivity index (χ4v) is 6.87. The molecule has 8 N–H and O–H groups in total. The summed E-state index contributed by atoms with van der Waals surface area (Å²) in [6.07, 6.45) is 1.83. The van der Waals surface area contributed by atoms with E-state index in [1.54, 1.807) is 20.4 Å². The van der Waals surface area contributed by atoms with Crippen LogP contribution in [0, 0.1) is 11.7 Å². The fourth-order valence-electron chi connectivity index (χ4n) is 6.87. The van der Waals surface area contributed by atoms with Crippen LogP contribution in [-0.4, -0.2) is 96.6 Å². The zero-order chi connectivity index (χ0) is 43.2. The Labute approximate surface area is 348 Å². The van der Waals surface area contributed by atoms with Gasteiger partial charge in [-0.3, -0.25) is 9.79 Å². The molecule has 2 amide bonds. The molecular weight excluding hydrogens is 774 g/mol. The van der Waals surface area contributed by atoms with Gasteiger partial charge in [0.2, 0.25) is 5.43 Å². The van der Waals surface area contributed by atoms with E-state index in [0.29, 0.717) is 57.9 Å². The average molecular weight is 830 g/mol. The Hall–Kier alpha value is -6.36. The highest BCUT2D eigenvalue weighted by molar-refractivity contribution is 5.93. The summed E-state index contributed by atoms with van der Waals surface area (Å²) < 4.78 is 28.0. The molecule has 16 nitrogen and oxygen atoms in total. The van der Waals surface area contributed by atoms with E-state index in [2.05, 4.69) is 20.9 Å². The third-order valence-electron chi connectivity index (χ3n) is 10.4. The number of nitrogens with zero attached hydrogens (tertiary/aromatic N) is 4. The van der Waals surface area contributed by atoms with Gasteiger partial charge in [0.05, 0.1) is 11.2 Å². The molecule has 5 rings (SSSR count). The van der Waals surface area contributed by atoms with Crippen molar-refractivity contribution in [2.45, 2.75) is 65.5 Å². The molecule has 1 aliphatic heterocycles. The van der Waals surface area contributed by atoms with Crippen molar-refractivity contribution >= 4 is 46.4 Å². The van der Waals surface area contributed by atoms with Crippen molar-refractivity contribution in [2.24, 2.45) is 22.4 Å². The highest BCUT2D eigenvalue weighted by Gasteiger charge is 2.26. The summed E-state index contributed by atoms with van der Waals surface area (Å²) in [5.74, 6) is -1.81. The summed E-state index contributed by atoms with van der Waals surface area (Å²) in [5.41, 5.74) is 13.2. The quantitative estimate of drug-likeness (QED) is 0.0431. The summed E-state index contributed by atoms with van der Waals surface area (Å²) >= 11 is 0. The van der Waals surface area contributed by atoms with Crippen molar-refractivity contribution in [2.75, 3.05) is 56.0 Å². The Balaban J connectivity index is 1.10. The molecule has 4 aromatic rings. The van der Waals surface area contributed by atoms with Gasteiger partial charge in [-0.05, 0) is 61.1 Å². The van der Waals surface area contributed by atoms with Crippen molar-refractivity contribution in [3.63, 3.8) is 0 Å². The molecule has 1 aliphatic rings. The zero-order valence-electron chi connectivity index (χ0n) is 34.4. The Morgan fingerprint density at radius 3 is 2.27 bits per heavy atom. The number of hydrogen-bond acceptors (Lipinski definition) is 10. The van der Waals surface area contributed by atoms with Gasteiger partial charge in [0.15, 0.2) is 5.96 Å². The number of carbonyl (C=O) groups excluding carboxylic acids is 2. The van der Waals surface area contributed by atoms with E-state index in [0.717, 1.165) is 35.7 Å². The van der Waals surface area contributed by atoms with Crippen molar-refractivity contribution < 1.29 is 33.4 Å². The summed E-state index contributed by atoms with van der Waals surface area (Å²) in [6, 6.07) is 19.6. The second-order valence-corrected chi connectivity index (χ2v) is 15.0. The molecule has 0 saturated carbocycles.